The Balaban J connectivity index is 1.63. The molecular formula is C29H27F4N3O5. The van der Waals surface area contributed by atoms with Gasteiger partial charge < -0.3 is 19.4 Å². The number of aromatic nitrogens is 2. The van der Waals surface area contributed by atoms with Crippen molar-refractivity contribution < 1.29 is 36.6 Å². The van der Waals surface area contributed by atoms with Crippen molar-refractivity contribution in [2.24, 2.45) is 0 Å². The Bertz CT molecular complexity index is 1730. The van der Waals surface area contributed by atoms with Crippen molar-refractivity contribution >= 4 is 22.8 Å². The Kier molecular flexibility index (Phi) is 6.08. The van der Waals surface area contributed by atoms with Gasteiger partial charge in [-0.05, 0) is 62.8 Å². The number of nitrogens with zero attached hydrogens (tertiary/aromatic N) is 2. The van der Waals surface area contributed by atoms with E-state index in [0.717, 1.165) is 0 Å². The van der Waals surface area contributed by atoms with Crippen molar-refractivity contribution in [1.82, 2.24) is 14.9 Å². The number of hydrogen-bond acceptors (Lipinski definition) is 6. The molecule has 8 nitrogen and oxygen atoms in total. The number of cyclic esters (lactones) is 1. The van der Waals surface area contributed by atoms with Crippen LogP contribution in [0.1, 0.15) is 73.0 Å². The first-order chi connectivity index (χ1) is 19.3. The van der Waals surface area contributed by atoms with E-state index in [1.165, 1.54) is 10.6 Å². The lowest BCUT2D eigenvalue weighted by Gasteiger charge is -2.37. The average molecular weight is 574 g/mol. The lowest BCUT2D eigenvalue weighted by atomic mass is 9.81. The summed E-state index contributed by atoms with van der Waals surface area (Å²) >= 11 is 0. The first-order valence-electron chi connectivity index (χ1n) is 13.4. The monoisotopic (exact) mass is 573 g/mol. The van der Waals surface area contributed by atoms with Crippen LogP contribution < -0.4 is 10.9 Å². The summed E-state index contributed by atoms with van der Waals surface area (Å²) in [6.07, 6.45) is -4.95. The summed E-state index contributed by atoms with van der Waals surface area (Å²) in [5.41, 5.74) is 1.26. The predicted octanol–water partition coefficient (Wildman–Crippen LogP) is 4.63. The van der Waals surface area contributed by atoms with Gasteiger partial charge >= 0.3 is 18.1 Å². The molecule has 12 heteroatoms. The molecule has 216 valence electrons. The Hall–Kier alpha value is -3.80. The number of aryl methyl sites for hydroxylation is 1. The van der Waals surface area contributed by atoms with Gasteiger partial charge in [-0.25, -0.2) is 14.2 Å². The molecule has 2 unspecified atom stereocenters. The van der Waals surface area contributed by atoms with Gasteiger partial charge in [0.1, 0.15) is 12.4 Å². The molecular weight excluding hydrogens is 546 g/mol. The highest BCUT2D eigenvalue weighted by atomic mass is 19.4. The minimum Gasteiger partial charge on any atom is -0.458 e. The third-order valence-corrected chi connectivity index (χ3v) is 8.35. The molecule has 2 aliphatic heterocycles. The average Bonchev–Trinajstić information content (AvgIpc) is 3.27. The summed E-state index contributed by atoms with van der Waals surface area (Å²) in [5.74, 6) is -3.22. The zero-order valence-electron chi connectivity index (χ0n) is 22.8. The van der Waals surface area contributed by atoms with Crippen LogP contribution >= 0.6 is 0 Å². The number of amides is 1. The van der Waals surface area contributed by atoms with Gasteiger partial charge in [-0.15, -0.1) is 0 Å². The zero-order chi connectivity index (χ0) is 29.6. The zero-order valence-corrected chi connectivity index (χ0v) is 22.8. The Morgan fingerprint density at radius 2 is 1.98 bits per heavy atom. The van der Waals surface area contributed by atoms with Crippen molar-refractivity contribution in [3.63, 3.8) is 0 Å². The third-order valence-electron chi connectivity index (χ3n) is 8.35. The number of ether oxygens (including phenoxy) is 2. The summed E-state index contributed by atoms with van der Waals surface area (Å²) in [4.78, 5) is 43.7. The van der Waals surface area contributed by atoms with Crippen LogP contribution in [-0.2, 0) is 44.2 Å². The van der Waals surface area contributed by atoms with Gasteiger partial charge in [-0.2, -0.15) is 13.2 Å². The summed E-state index contributed by atoms with van der Waals surface area (Å²) < 4.78 is 67.7. The molecule has 0 spiro atoms. The second-order valence-corrected chi connectivity index (χ2v) is 11.0. The SMILES string of the molecule is CCC1(OC(C)C)C(=O)OCc2c1cc1n(c2=O)Cc2c-1nc1cc(F)c(C)c3c1c2C(NC(=O)C(F)(F)F)CC3. The third kappa shape index (κ3) is 3.90. The van der Waals surface area contributed by atoms with Crippen molar-refractivity contribution in [2.45, 2.75) is 84.0 Å². The predicted molar refractivity (Wildman–Crippen MR) is 138 cm³/mol. The second kappa shape index (κ2) is 9.10. The van der Waals surface area contributed by atoms with Crippen LogP contribution in [-0.4, -0.2) is 33.7 Å². The van der Waals surface area contributed by atoms with E-state index >= 15 is 0 Å². The number of alkyl halides is 3. The van der Waals surface area contributed by atoms with Crippen LogP contribution in [0.3, 0.4) is 0 Å². The Morgan fingerprint density at radius 1 is 1.24 bits per heavy atom. The molecule has 0 saturated carbocycles. The molecule has 3 aromatic rings. The molecule has 1 aliphatic carbocycles. The molecule has 41 heavy (non-hydrogen) atoms. The van der Waals surface area contributed by atoms with Crippen LogP contribution in [0.25, 0.3) is 22.3 Å². The molecule has 1 aromatic carbocycles. The molecule has 1 N–H and O–H groups in total. The van der Waals surface area contributed by atoms with Crippen LogP contribution in [0.5, 0.6) is 0 Å². The molecule has 1 amide bonds. The number of carbonyl (C=O) groups is 2. The highest BCUT2D eigenvalue weighted by Gasteiger charge is 2.49. The molecule has 6 rings (SSSR count). The highest BCUT2D eigenvalue weighted by Crippen LogP contribution is 2.46. The van der Waals surface area contributed by atoms with Crippen molar-refractivity contribution in [2.75, 3.05) is 0 Å². The van der Waals surface area contributed by atoms with Crippen molar-refractivity contribution in [3.8, 4) is 11.4 Å². The topological polar surface area (TPSA) is 99.5 Å². The maximum Gasteiger partial charge on any atom is 0.471 e. The number of esters is 1. The molecule has 0 saturated heterocycles. The van der Waals surface area contributed by atoms with E-state index in [1.807, 2.05) is 0 Å². The molecule has 2 aromatic heterocycles. The molecule has 3 aliphatic rings. The number of halogens is 4. The van der Waals surface area contributed by atoms with Crippen molar-refractivity contribution in [3.05, 3.63) is 61.7 Å². The van der Waals surface area contributed by atoms with Gasteiger partial charge in [-0.1, -0.05) is 6.92 Å². The van der Waals surface area contributed by atoms with Gasteiger partial charge in [0.2, 0.25) is 0 Å². The van der Waals surface area contributed by atoms with Crippen LogP contribution in [0.4, 0.5) is 17.6 Å². The molecule has 0 fully saturated rings. The van der Waals surface area contributed by atoms with E-state index in [9.17, 15) is 31.9 Å². The number of nitrogens with one attached hydrogen (secondary N) is 1. The number of hydrogen-bond donors (Lipinski definition) is 1. The smallest absolute Gasteiger partial charge is 0.458 e. The molecule has 2 atom stereocenters. The first kappa shape index (κ1) is 27.4. The van der Waals surface area contributed by atoms with Crippen LogP contribution in [0.15, 0.2) is 16.9 Å². The van der Waals surface area contributed by atoms with Gasteiger partial charge in [0, 0.05) is 22.6 Å². The van der Waals surface area contributed by atoms with Gasteiger partial charge in [0.15, 0.2) is 5.60 Å². The van der Waals surface area contributed by atoms with Crippen LogP contribution in [0, 0.1) is 12.7 Å². The van der Waals surface area contributed by atoms with E-state index in [2.05, 4.69) is 5.32 Å². The minimum absolute atomic E-state index is 0.0264. The fraction of sp³-hybridized carbons (Fsp3) is 0.448. The van der Waals surface area contributed by atoms with E-state index in [1.54, 1.807) is 33.8 Å². The maximum atomic E-state index is 15.0. The van der Waals surface area contributed by atoms with E-state index in [4.69, 9.17) is 14.5 Å². The summed E-state index contributed by atoms with van der Waals surface area (Å²) in [6, 6.07) is 1.84. The molecule has 0 bridgehead atoms. The molecule has 0 radical (unpaired) electrons. The lowest BCUT2D eigenvalue weighted by Crippen LogP contribution is -2.47. The second-order valence-electron chi connectivity index (χ2n) is 11.0. The molecule has 4 heterocycles. The van der Waals surface area contributed by atoms with E-state index < -0.39 is 41.1 Å². The Morgan fingerprint density at radius 3 is 2.63 bits per heavy atom. The summed E-state index contributed by atoms with van der Waals surface area (Å²) in [6.45, 7) is 6.58. The number of fused-ring (bicyclic) bond motifs is 5. The first-order valence-corrected chi connectivity index (χ1v) is 13.4. The highest BCUT2D eigenvalue weighted by molar-refractivity contribution is 5.94. The van der Waals surface area contributed by atoms with Crippen LogP contribution in [0.2, 0.25) is 0 Å². The van der Waals surface area contributed by atoms with E-state index in [0.29, 0.717) is 38.9 Å². The fourth-order valence-corrected chi connectivity index (χ4v) is 6.52. The largest absolute Gasteiger partial charge is 0.471 e. The number of carbonyl (C=O) groups excluding carboxylic acids is 2. The quantitative estimate of drug-likeness (QED) is 0.283. The standard InChI is InChI=1S/C29H27F4N3O5/c1-5-28(41-12(2)3)17-8-21-24-15(10-36(21)25(37)16(17)11-40-27(28)39)23-19(35-26(38)29(31,32)33)7-6-14-13(4)18(30)9-20(34-24)22(14)23/h8-9,12,19H,5-7,10-11H2,1-4H3,(H,35,38). The fourth-order valence-electron chi connectivity index (χ4n) is 6.52. The summed E-state index contributed by atoms with van der Waals surface area (Å²) in [5, 5.41) is 2.59. The number of rotatable bonds is 4. The summed E-state index contributed by atoms with van der Waals surface area (Å²) in [7, 11) is 0. The lowest BCUT2D eigenvalue weighted by molar-refractivity contribution is -0.187. The van der Waals surface area contributed by atoms with Gasteiger partial charge in [0.25, 0.3) is 5.56 Å². The van der Waals surface area contributed by atoms with Gasteiger partial charge in [0.05, 0.1) is 41.2 Å². The number of benzene rings is 1. The van der Waals surface area contributed by atoms with Crippen molar-refractivity contribution in [1.29, 1.82) is 0 Å². The minimum atomic E-state index is -5.10. The van der Waals surface area contributed by atoms with Gasteiger partial charge in [-0.3, -0.25) is 9.59 Å². The maximum absolute atomic E-state index is 15.0. The normalized spacial score (nSPS) is 21.0. The Labute approximate surface area is 231 Å². The van der Waals surface area contributed by atoms with E-state index in [-0.39, 0.29) is 55.3 Å². The number of pyridine rings is 2.